The maximum absolute atomic E-state index is 13.9. The Bertz CT molecular complexity index is 573. The molecule has 18 heavy (non-hydrogen) atoms. The Balaban J connectivity index is 2.19. The number of halogens is 2. The van der Waals surface area contributed by atoms with Crippen LogP contribution in [0.3, 0.4) is 0 Å². The molecule has 0 spiro atoms. The lowest BCUT2D eigenvalue weighted by Gasteiger charge is -2.20. The Labute approximate surface area is 110 Å². The van der Waals surface area contributed by atoms with Crippen molar-refractivity contribution in [2.24, 2.45) is 0 Å². The van der Waals surface area contributed by atoms with E-state index in [4.69, 9.17) is 11.6 Å². The largest absolute Gasteiger partial charge is 0.388 e. The van der Waals surface area contributed by atoms with Gasteiger partial charge in [0.15, 0.2) is 0 Å². The molecule has 0 aliphatic heterocycles. The van der Waals surface area contributed by atoms with Gasteiger partial charge in [0, 0.05) is 17.5 Å². The van der Waals surface area contributed by atoms with Crippen LogP contribution >= 0.6 is 11.6 Å². The fraction of sp³-hybridized carbons (Fsp3) is 0.286. The van der Waals surface area contributed by atoms with Crippen molar-refractivity contribution in [3.8, 4) is 5.69 Å². The second-order valence-electron chi connectivity index (χ2n) is 4.57. The van der Waals surface area contributed by atoms with E-state index in [1.54, 1.807) is 22.9 Å². The van der Waals surface area contributed by atoms with Crippen molar-refractivity contribution in [1.29, 1.82) is 0 Å². The Morgan fingerprint density at radius 1 is 1.33 bits per heavy atom. The molecular weight excluding hydrogens is 253 g/mol. The molecule has 0 amide bonds. The van der Waals surface area contributed by atoms with Gasteiger partial charge in [-0.3, -0.25) is 0 Å². The summed E-state index contributed by atoms with van der Waals surface area (Å²) < 4.78 is 15.7. The van der Waals surface area contributed by atoms with Crippen LogP contribution < -0.4 is 0 Å². The van der Waals surface area contributed by atoms with Crippen LogP contribution in [0.4, 0.5) is 4.39 Å². The maximum Gasteiger partial charge on any atom is 0.148 e. The summed E-state index contributed by atoms with van der Waals surface area (Å²) in [5.41, 5.74) is 2.22. The molecule has 0 bridgehead atoms. The van der Waals surface area contributed by atoms with E-state index in [0.29, 0.717) is 10.7 Å². The number of aliphatic hydroxyl groups excluding tert-OH is 1. The number of nitrogens with zero attached hydrogens (tertiary/aromatic N) is 1. The minimum Gasteiger partial charge on any atom is -0.388 e. The zero-order chi connectivity index (χ0) is 12.7. The van der Waals surface area contributed by atoms with E-state index in [1.165, 1.54) is 6.07 Å². The molecular formula is C14H13ClFNO. The van der Waals surface area contributed by atoms with Crippen molar-refractivity contribution in [2.45, 2.75) is 25.4 Å². The minimum absolute atomic E-state index is 0.346. The Hall–Kier alpha value is -1.32. The van der Waals surface area contributed by atoms with Gasteiger partial charge >= 0.3 is 0 Å². The topological polar surface area (TPSA) is 25.2 Å². The van der Waals surface area contributed by atoms with Crippen LogP contribution in [0.2, 0.25) is 5.02 Å². The number of rotatable bonds is 1. The summed E-state index contributed by atoms with van der Waals surface area (Å²) in [6.07, 6.45) is 3.85. The second-order valence-corrected chi connectivity index (χ2v) is 4.97. The molecule has 1 aromatic heterocycles. The molecule has 1 aliphatic rings. The summed E-state index contributed by atoms with van der Waals surface area (Å²) in [5.74, 6) is -0.346. The van der Waals surface area contributed by atoms with Gasteiger partial charge in [-0.25, -0.2) is 4.39 Å². The number of aromatic nitrogens is 1. The van der Waals surface area contributed by atoms with Gasteiger partial charge in [0.1, 0.15) is 11.5 Å². The summed E-state index contributed by atoms with van der Waals surface area (Å²) >= 11 is 6.08. The fourth-order valence-corrected chi connectivity index (χ4v) is 2.85. The molecule has 1 aromatic carbocycles. The average Bonchev–Trinajstić information content (AvgIpc) is 2.75. The van der Waals surface area contributed by atoms with Crippen LogP contribution in [0.5, 0.6) is 0 Å². The first-order valence-electron chi connectivity index (χ1n) is 6.01. The van der Waals surface area contributed by atoms with E-state index < -0.39 is 6.10 Å². The highest BCUT2D eigenvalue weighted by Gasteiger charge is 2.23. The predicted octanol–water partition coefficient (Wildman–Crippen LogP) is 3.64. The van der Waals surface area contributed by atoms with E-state index in [9.17, 15) is 9.50 Å². The Morgan fingerprint density at radius 2 is 2.17 bits per heavy atom. The SMILES string of the molecule is OC1CCCc2c1ccn2-c1c(F)cccc1Cl. The van der Waals surface area contributed by atoms with Crippen LogP contribution in [0, 0.1) is 5.82 Å². The van der Waals surface area contributed by atoms with Crippen molar-refractivity contribution in [3.05, 3.63) is 52.6 Å². The third-order valence-electron chi connectivity index (χ3n) is 3.46. The maximum atomic E-state index is 13.9. The van der Waals surface area contributed by atoms with E-state index >= 15 is 0 Å². The van der Waals surface area contributed by atoms with Crippen molar-refractivity contribution in [2.75, 3.05) is 0 Å². The van der Waals surface area contributed by atoms with Gasteiger partial charge < -0.3 is 9.67 Å². The molecule has 1 aliphatic carbocycles. The highest BCUT2D eigenvalue weighted by atomic mass is 35.5. The minimum atomic E-state index is -0.444. The van der Waals surface area contributed by atoms with Crippen molar-refractivity contribution >= 4 is 11.6 Å². The van der Waals surface area contributed by atoms with Crippen LogP contribution in [0.25, 0.3) is 5.69 Å². The molecule has 0 radical (unpaired) electrons. The van der Waals surface area contributed by atoms with E-state index in [-0.39, 0.29) is 5.82 Å². The normalized spacial score (nSPS) is 18.7. The fourth-order valence-electron chi connectivity index (χ4n) is 2.60. The molecule has 0 saturated heterocycles. The molecule has 2 nitrogen and oxygen atoms in total. The van der Waals surface area contributed by atoms with Crippen molar-refractivity contribution in [3.63, 3.8) is 0 Å². The van der Waals surface area contributed by atoms with Gasteiger partial charge in [0.25, 0.3) is 0 Å². The smallest absolute Gasteiger partial charge is 0.148 e. The van der Waals surface area contributed by atoms with Crippen LogP contribution in [-0.2, 0) is 6.42 Å². The van der Waals surface area contributed by atoms with Crippen molar-refractivity contribution < 1.29 is 9.50 Å². The number of benzene rings is 1. The highest BCUT2D eigenvalue weighted by molar-refractivity contribution is 6.32. The third-order valence-corrected chi connectivity index (χ3v) is 3.76. The highest BCUT2D eigenvalue weighted by Crippen LogP contribution is 2.34. The van der Waals surface area contributed by atoms with Crippen LogP contribution in [0.15, 0.2) is 30.5 Å². The zero-order valence-corrected chi connectivity index (χ0v) is 10.5. The molecule has 1 unspecified atom stereocenters. The first-order valence-corrected chi connectivity index (χ1v) is 6.39. The first kappa shape index (κ1) is 11.8. The summed E-state index contributed by atoms with van der Waals surface area (Å²) in [6.45, 7) is 0. The van der Waals surface area contributed by atoms with Crippen molar-refractivity contribution in [1.82, 2.24) is 4.57 Å². The van der Waals surface area contributed by atoms with Gasteiger partial charge in [0.05, 0.1) is 11.1 Å². The third kappa shape index (κ3) is 1.74. The summed E-state index contributed by atoms with van der Waals surface area (Å²) in [4.78, 5) is 0. The average molecular weight is 266 g/mol. The van der Waals surface area contributed by atoms with Gasteiger partial charge in [-0.1, -0.05) is 17.7 Å². The molecule has 2 aromatic rings. The molecule has 1 atom stereocenters. The molecule has 3 rings (SSSR count). The lowest BCUT2D eigenvalue weighted by Crippen LogP contribution is -2.11. The number of para-hydroxylation sites is 1. The van der Waals surface area contributed by atoms with Gasteiger partial charge in [-0.15, -0.1) is 0 Å². The molecule has 0 fully saturated rings. The van der Waals surface area contributed by atoms with Gasteiger partial charge in [0.2, 0.25) is 0 Å². The predicted molar refractivity (Wildman–Crippen MR) is 68.6 cm³/mol. The molecule has 1 heterocycles. The van der Waals surface area contributed by atoms with E-state index in [0.717, 1.165) is 30.5 Å². The number of fused-ring (bicyclic) bond motifs is 1. The van der Waals surface area contributed by atoms with Gasteiger partial charge in [-0.2, -0.15) is 0 Å². The summed E-state index contributed by atoms with van der Waals surface area (Å²) in [5, 5.41) is 10.3. The first-order chi connectivity index (χ1) is 8.68. The number of hydrogen-bond donors (Lipinski definition) is 1. The molecule has 4 heteroatoms. The standard InChI is InChI=1S/C14H13ClFNO/c15-10-3-1-4-11(16)14(10)17-8-7-9-12(17)5-2-6-13(9)18/h1,3-4,7-8,13,18H,2,5-6H2. The lowest BCUT2D eigenvalue weighted by atomic mass is 9.95. The number of hydrogen-bond acceptors (Lipinski definition) is 1. The van der Waals surface area contributed by atoms with Crippen LogP contribution in [0.1, 0.15) is 30.2 Å². The summed E-state index contributed by atoms with van der Waals surface area (Å²) in [7, 11) is 0. The van der Waals surface area contributed by atoms with E-state index in [1.807, 2.05) is 6.07 Å². The zero-order valence-electron chi connectivity index (χ0n) is 9.74. The number of aliphatic hydroxyl groups is 1. The second kappa shape index (κ2) is 4.41. The molecule has 94 valence electrons. The Morgan fingerprint density at radius 3 is 2.94 bits per heavy atom. The molecule has 1 N–H and O–H groups in total. The monoisotopic (exact) mass is 265 g/mol. The summed E-state index contributed by atoms with van der Waals surface area (Å²) in [6, 6.07) is 6.51. The van der Waals surface area contributed by atoms with Crippen LogP contribution in [-0.4, -0.2) is 9.67 Å². The lowest BCUT2D eigenvalue weighted by molar-refractivity contribution is 0.156. The Kier molecular flexibility index (Phi) is 2.88. The van der Waals surface area contributed by atoms with E-state index in [2.05, 4.69) is 0 Å². The quantitative estimate of drug-likeness (QED) is 0.837. The van der Waals surface area contributed by atoms with Gasteiger partial charge in [-0.05, 0) is 37.5 Å². The molecule has 0 saturated carbocycles.